The molecule has 0 radical (unpaired) electrons. The fourth-order valence-electron chi connectivity index (χ4n) is 2.49. The Morgan fingerprint density at radius 1 is 0.879 bits per heavy atom. The zero-order valence-corrected chi connectivity index (χ0v) is 22.5. The van der Waals surface area contributed by atoms with E-state index in [1.165, 1.54) is 22.7 Å². The summed E-state index contributed by atoms with van der Waals surface area (Å²) in [6.45, 7) is 0. The van der Waals surface area contributed by atoms with Gasteiger partial charge in [0.25, 0.3) is 0 Å². The van der Waals surface area contributed by atoms with Crippen molar-refractivity contribution in [1.29, 1.82) is 5.26 Å². The number of hydrogen-bond acceptors (Lipinski definition) is 7. The van der Waals surface area contributed by atoms with Crippen LogP contribution in [-0.4, -0.2) is 26.5 Å². The predicted octanol–water partition coefficient (Wildman–Crippen LogP) is 3.45. The molecular weight excluding hydrogens is 512 g/mol. The number of carbonyl (C=O) groups is 1. The number of nitrogens with zero attached hydrogens (tertiary/aromatic N) is 3. The van der Waals surface area contributed by atoms with E-state index in [1.54, 1.807) is 12.1 Å². The van der Waals surface area contributed by atoms with Gasteiger partial charge < -0.3 is 10.6 Å². The van der Waals surface area contributed by atoms with Gasteiger partial charge in [-0.25, -0.2) is 9.97 Å². The van der Waals surface area contributed by atoms with Gasteiger partial charge in [-0.2, -0.15) is 5.26 Å². The molecule has 2 aromatic carbocycles. The molecular formula is C22H16Cl2N3NaO3S2. The molecule has 0 saturated carbocycles. The first-order valence-electron chi connectivity index (χ1n) is 8.94. The van der Waals surface area contributed by atoms with Gasteiger partial charge in [-0.3, -0.25) is 4.79 Å². The first kappa shape index (κ1) is 29.2. The van der Waals surface area contributed by atoms with Gasteiger partial charge in [-0.05, 0) is 24.3 Å². The van der Waals surface area contributed by atoms with E-state index < -0.39 is 5.97 Å². The first-order chi connectivity index (χ1) is 14.9. The van der Waals surface area contributed by atoms with Crippen LogP contribution < -0.4 is 29.6 Å². The summed E-state index contributed by atoms with van der Waals surface area (Å²) >= 11 is 14.4. The molecule has 0 aliphatic heterocycles. The molecule has 6 nitrogen and oxygen atoms in total. The fraction of sp³-hybridized carbons (Fsp3) is 0.0909. The summed E-state index contributed by atoms with van der Waals surface area (Å²) in [6, 6.07) is 16.9. The van der Waals surface area contributed by atoms with E-state index in [2.05, 4.69) is 16.0 Å². The number of aliphatic carboxylic acids is 1. The molecule has 0 aliphatic carbocycles. The quantitative estimate of drug-likeness (QED) is 0.397. The Bertz CT molecular complexity index is 1210. The molecule has 0 aliphatic rings. The summed E-state index contributed by atoms with van der Waals surface area (Å²) in [4.78, 5) is 19.1. The van der Waals surface area contributed by atoms with Crippen molar-refractivity contribution < 1.29 is 44.9 Å². The van der Waals surface area contributed by atoms with Crippen LogP contribution in [0.15, 0.2) is 59.3 Å². The van der Waals surface area contributed by atoms with Gasteiger partial charge in [-0.1, -0.05) is 47.5 Å². The van der Waals surface area contributed by atoms with Crippen LogP contribution in [0, 0.1) is 11.3 Å². The molecule has 0 fully saturated rings. The normalized spacial score (nSPS) is 9.48. The fourth-order valence-corrected chi connectivity index (χ4v) is 4.27. The van der Waals surface area contributed by atoms with E-state index in [4.69, 9.17) is 33.6 Å². The Morgan fingerprint density at radius 2 is 1.30 bits per heavy atom. The Kier molecular flexibility index (Phi) is 12.8. The monoisotopic (exact) mass is 527 g/mol. The van der Waals surface area contributed by atoms with Crippen molar-refractivity contribution in [2.75, 3.05) is 0 Å². The standard InChI is InChI=1S/C11H7ClN2S.C11H8ClNO2S.Na.H2O/c12-9-3-1-8(2-4-9)10-7-15-11(14-10)5-6-13;12-8-3-1-7(2-4-8)9-6-16-10(13-9)5-11(14)15;;/h1-4,7H,5H2;1-4,6H,5H2,(H,14,15);;1H2/q;;+1;/p-1. The van der Waals surface area contributed by atoms with Crippen LogP contribution >= 0.6 is 45.9 Å². The minimum absolute atomic E-state index is 0. The van der Waals surface area contributed by atoms with Crippen LogP contribution in [0.4, 0.5) is 0 Å². The van der Waals surface area contributed by atoms with Crippen LogP contribution in [0.5, 0.6) is 0 Å². The second-order valence-electron chi connectivity index (χ2n) is 6.17. The molecule has 2 aromatic heterocycles. The van der Waals surface area contributed by atoms with Gasteiger partial charge in [0.15, 0.2) is 0 Å². The number of rotatable bonds is 5. The Hall–Kier alpha value is -1.80. The van der Waals surface area contributed by atoms with Gasteiger partial charge in [0, 0.05) is 31.9 Å². The molecule has 0 bridgehead atoms. The van der Waals surface area contributed by atoms with Crippen molar-refractivity contribution in [3.05, 3.63) is 79.4 Å². The van der Waals surface area contributed by atoms with Crippen LogP contribution in [0.1, 0.15) is 10.0 Å². The van der Waals surface area contributed by atoms with Crippen molar-refractivity contribution in [3.8, 4) is 28.6 Å². The number of aromatic nitrogens is 2. The largest absolute Gasteiger partial charge is 1.00 e. The molecule has 4 rings (SSSR count). The molecule has 2 N–H and O–H groups in total. The molecule has 0 atom stereocenters. The molecule has 0 unspecified atom stereocenters. The smallest absolute Gasteiger partial charge is 0.870 e. The number of carboxylic acid groups (broad SMARTS) is 1. The molecule has 33 heavy (non-hydrogen) atoms. The molecule has 2 heterocycles. The molecule has 0 amide bonds. The van der Waals surface area contributed by atoms with Crippen LogP contribution in [0.25, 0.3) is 22.5 Å². The Balaban J connectivity index is 0.000000312. The average Bonchev–Trinajstić information content (AvgIpc) is 3.39. The molecule has 4 aromatic rings. The Morgan fingerprint density at radius 3 is 1.73 bits per heavy atom. The second kappa shape index (κ2) is 14.5. The number of nitriles is 1. The molecule has 0 spiro atoms. The maximum atomic E-state index is 10.5. The SMILES string of the molecule is N#CCc1nc(-c2ccc(Cl)cc2)cs1.O=C(O)Cc1nc(-c2ccc(Cl)cc2)cs1.[Na+].[OH-]. The topological polar surface area (TPSA) is 117 Å². The summed E-state index contributed by atoms with van der Waals surface area (Å²) < 4.78 is 0. The van der Waals surface area contributed by atoms with Crippen molar-refractivity contribution in [3.63, 3.8) is 0 Å². The van der Waals surface area contributed by atoms with Crippen molar-refractivity contribution >= 4 is 51.8 Å². The number of carboxylic acids is 1. The second-order valence-corrected chi connectivity index (χ2v) is 8.93. The summed E-state index contributed by atoms with van der Waals surface area (Å²) in [5.41, 5.74) is 3.66. The number of halogens is 2. The molecule has 0 saturated heterocycles. The predicted molar refractivity (Wildman–Crippen MR) is 128 cm³/mol. The maximum Gasteiger partial charge on any atom is 1.00 e. The molecule has 164 valence electrons. The summed E-state index contributed by atoms with van der Waals surface area (Å²) in [5, 5.41) is 23.8. The summed E-state index contributed by atoms with van der Waals surface area (Å²) in [7, 11) is 0. The Labute approximate surface area is 231 Å². The number of benzene rings is 2. The minimum atomic E-state index is -0.864. The van der Waals surface area contributed by atoms with E-state index in [0.717, 1.165) is 27.5 Å². The van der Waals surface area contributed by atoms with Crippen molar-refractivity contribution in [1.82, 2.24) is 9.97 Å². The number of hydrogen-bond donors (Lipinski definition) is 1. The van der Waals surface area contributed by atoms with E-state index >= 15 is 0 Å². The van der Waals surface area contributed by atoms with E-state index in [0.29, 0.717) is 21.5 Å². The summed E-state index contributed by atoms with van der Waals surface area (Å²) in [6.07, 6.45) is 0.344. The number of thiazole rings is 2. The van der Waals surface area contributed by atoms with Gasteiger partial charge >= 0.3 is 35.5 Å². The average molecular weight is 528 g/mol. The van der Waals surface area contributed by atoms with E-state index in [1.807, 2.05) is 47.2 Å². The first-order valence-corrected chi connectivity index (χ1v) is 11.5. The minimum Gasteiger partial charge on any atom is -0.870 e. The van der Waals surface area contributed by atoms with Crippen molar-refractivity contribution in [2.45, 2.75) is 12.8 Å². The van der Waals surface area contributed by atoms with E-state index in [9.17, 15) is 4.79 Å². The van der Waals surface area contributed by atoms with Crippen LogP contribution in [0.2, 0.25) is 10.0 Å². The van der Waals surface area contributed by atoms with Gasteiger partial charge in [-0.15, -0.1) is 22.7 Å². The zero-order chi connectivity index (χ0) is 22.2. The van der Waals surface area contributed by atoms with Crippen LogP contribution in [-0.2, 0) is 17.6 Å². The van der Waals surface area contributed by atoms with Gasteiger partial charge in [0.05, 0.1) is 30.3 Å². The maximum absolute atomic E-state index is 10.5. The van der Waals surface area contributed by atoms with E-state index in [-0.39, 0.29) is 41.5 Å². The third kappa shape index (κ3) is 9.16. The molecule has 11 heteroatoms. The van der Waals surface area contributed by atoms with Gasteiger partial charge in [0.2, 0.25) is 0 Å². The van der Waals surface area contributed by atoms with Crippen LogP contribution in [0.3, 0.4) is 0 Å². The third-order valence-electron chi connectivity index (χ3n) is 3.92. The zero-order valence-electron chi connectivity index (χ0n) is 17.4. The van der Waals surface area contributed by atoms with Crippen molar-refractivity contribution in [2.24, 2.45) is 0 Å². The van der Waals surface area contributed by atoms with Gasteiger partial charge in [0.1, 0.15) is 10.0 Å². The summed E-state index contributed by atoms with van der Waals surface area (Å²) in [5.74, 6) is -0.864. The third-order valence-corrected chi connectivity index (χ3v) is 6.12.